The summed E-state index contributed by atoms with van der Waals surface area (Å²) in [6, 6.07) is 12.7. The lowest BCUT2D eigenvalue weighted by atomic mass is 10.1. The first kappa shape index (κ1) is 23.5. The molecule has 3 aromatic heterocycles. The molecule has 0 bridgehead atoms. The van der Waals surface area contributed by atoms with E-state index < -0.39 is 17.8 Å². The van der Waals surface area contributed by atoms with Crippen LogP contribution in [0.25, 0.3) is 16.9 Å². The number of halogens is 4. The fourth-order valence-corrected chi connectivity index (χ4v) is 3.59. The summed E-state index contributed by atoms with van der Waals surface area (Å²) >= 11 is 6.35. The van der Waals surface area contributed by atoms with E-state index in [1.165, 1.54) is 19.1 Å². The number of pyridine rings is 1. The van der Waals surface area contributed by atoms with E-state index in [1.54, 1.807) is 36.5 Å². The zero-order valence-electron chi connectivity index (χ0n) is 18.2. The second kappa shape index (κ2) is 9.30. The summed E-state index contributed by atoms with van der Waals surface area (Å²) in [5, 5.41) is 3.64. The van der Waals surface area contributed by atoms with Crippen LogP contribution in [0.1, 0.15) is 21.9 Å². The van der Waals surface area contributed by atoms with Crippen molar-refractivity contribution in [1.29, 1.82) is 0 Å². The molecule has 0 aliphatic carbocycles. The number of amides is 1. The molecule has 176 valence electrons. The van der Waals surface area contributed by atoms with Crippen molar-refractivity contribution in [3.63, 3.8) is 0 Å². The number of hydrogen-bond donors (Lipinski definition) is 0. The number of carbonyl (C=O) groups is 1. The van der Waals surface area contributed by atoms with Crippen LogP contribution >= 0.6 is 11.6 Å². The third-order valence-electron chi connectivity index (χ3n) is 5.19. The van der Waals surface area contributed by atoms with Crippen LogP contribution in [0.5, 0.6) is 5.75 Å². The molecule has 34 heavy (non-hydrogen) atoms. The lowest BCUT2D eigenvalue weighted by molar-refractivity contribution is -0.142. The highest BCUT2D eigenvalue weighted by Crippen LogP contribution is 2.35. The van der Waals surface area contributed by atoms with Crippen LogP contribution < -0.4 is 4.74 Å². The Kier molecular flexibility index (Phi) is 6.43. The third kappa shape index (κ3) is 4.67. The number of carbonyl (C=O) groups excluding carboxylic acids is 1. The normalized spacial score (nSPS) is 11.6. The van der Waals surface area contributed by atoms with Gasteiger partial charge in [-0.1, -0.05) is 17.7 Å². The molecule has 3 heterocycles. The van der Waals surface area contributed by atoms with Gasteiger partial charge in [-0.15, -0.1) is 0 Å². The molecule has 0 spiro atoms. The summed E-state index contributed by atoms with van der Waals surface area (Å²) in [6.07, 6.45) is -2.66. The molecule has 7 nitrogen and oxygen atoms in total. The van der Waals surface area contributed by atoms with Gasteiger partial charge in [0.1, 0.15) is 10.8 Å². The summed E-state index contributed by atoms with van der Waals surface area (Å²) in [4.78, 5) is 22.8. The zero-order chi connectivity index (χ0) is 24.5. The summed E-state index contributed by atoms with van der Waals surface area (Å²) in [7, 11) is 3.01. The number of nitrogens with zero attached hydrogens (tertiary/aromatic N) is 5. The van der Waals surface area contributed by atoms with E-state index in [0.717, 1.165) is 11.8 Å². The molecule has 0 saturated heterocycles. The fraction of sp³-hybridized carbons (Fsp3) is 0.217. The predicted octanol–water partition coefficient (Wildman–Crippen LogP) is 4.79. The van der Waals surface area contributed by atoms with Crippen molar-refractivity contribution in [2.75, 3.05) is 20.7 Å². The van der Waals surface area contributed by atoms with Crippen LogP contribution in [-0.2, 0) is 12.6 Å². The van der Waals surface area contributed by atoms with Gasteiger partial charge in [-0.3, -0.25) is 9.78 Å². The van der Waals surface area contributed by atoms with Gasteiger partial charge in [-0.25, -0.2) is 9.50 Å². The summed E-state index contributed by atoms with van der Waals surface area (Å²) < 4.78 is 47.3. The lowest BCUT2D eigenvalue weighted by Gasteiger charge is -2.15. The molecular formula is C23H19ClF3N5O2. The first-order valence-corrected chi connectivity index (χ1v) is 10.5. The lowest BCUT2D eigenvalue weighted by Crippen LogP contribution is -2.29. The first-order chi connectivity index (χ1) is 16.2. The highest BCUT2D eigenvalue weighted by Gasteiger charge is 2.37. The van der Waals surface area contributed by atoms with E-state index in [9.17, 15) is 18.0 Å². The van der Waals surface area contributed by atoms with Gasteiger partial charge >= 0.3 is 6.18 Å². The largest absolute Gasteiger partial charge is 0.497 e. The van der Waals surface area contributed by atoms with Gasteiger partial charge in [0.25, 0.3) is 5.91 Å². The van der Waals surface area contributed by atoms with E-state index in [2.05, 4.69) is 15.1 Å². The topological polar surface area (TPSA) is 72.6 Å². The molecule has 0 saturated carbocycles. The molecule has 1 aromatic carbocycles. The predicted molar refractivity (Wildman–Crippen MR) is 120 cm³/mol. The molecule has 0 aliphatic heterocycles. The number of alkyl halides is 3. The average molecular weight is 490 g/mol. The molecule has 11 heteroatoms. The van der Waals surface area contributed by atoms with Crippen LogP contribution in [0, 0.1) is 0 Å². The first-order valence-electron chi connectivity index (χ1n) is 10.2. The molecular weight excluding hydrogens is 471 g/mol. The minimum absolute atomic E-state index is 0.0341. The number of aromatic nitrogens is 4. The quantitative estimate of drug-likeness (QED) is 0.389. The maximum absolute atomic E-state index is 13.9. The Morgan fingerprint density at radius 3 is 2.53 bits per heavy atom. The molecule has 1 amide bonds. The number of likely N-dealkylation sites (N-methyl/N-ethyl adjacent to an activating group) is 1. The average Bonchev–Trinajstić information content (AvgIpc) is 3.17. The van der Waals surface area contributed by atoms with Crippen molar-refractivity contribution < 1.29 is 22.7 Å². The molecule has 0 radical (unpaired) electrons. The summed E-state index contributed by atoms with van der Waals surface area (Å²) in [5.41, 5.74) is -0.439. The molecule has 4 aromatic rings. The molecule has 0 atom stereocenters. The van der Waals surface area contributed by atoms with Crippen molar-refractivity contribution in [1.82, 2.24) is 24.5 Å². The van der Waals surface area contributed by atoms with Crippen molar-refractivity contribution in [3.8, 4) is 17.0 Å². The zero-order valence-corrected chi connectivity index (χ0v) is 18.9. The Morgan fingerprint density at radius 2 is 1.91 bits per heavy atom. The SMILES string of the molecule is COc1ccc(-c2cc(C(F)(F)F)n3nc(C(=O)N(C)CCc4ccccn4)c(Cl)c3n2)cc1. The third-order valence-corrected chi connectivity index (χ3v) is 5.54. The van der Waals surface area contributed by atoms with Crippen molar-refractivity contribution in [3.05, 3.63) is 76.8 Å². The molecule has 0 unspecified atom stereocenters. The smallest absolute Gasteiger partial charge is 0.433 e. The highest BCUT2D eigenvalue weighted by atomic mass is 35.5. The fourth-order valence-electron chi connectivity index (χ4n) is 3.35. The van der Waals surface area contributed by atoms with Crippen LogP contribution in [0.2, 0.25) is 5.02 Å². The van der Waals surface area contributed by atoms with Crippen molar-refractivity contribution in [2.45, 2.75) is 12.6 Å². The maximum atomic E-state index is 13.9. The van der Waals surface area contributed by atoms with Gasteiger partial charge < -0.3 is 9.64 Å². The van der Waals surface area contributed by atoms with Crippen LogP contribution in [0.15, 0.2) is 54.7 Å². The molecule has 0 N–H and O–H groups in total. The number of rotatable bonds is 6. The monoisotopic (exact) mass is 489 g/mol. The minimum atomic E-state index is -4.76. The van der Waals surface area contributed by atoms with Crippen molar-refractivity contribution in [2.24, 2.45) is 0 Å². The highest BCUT2D eigenvalue weighted by molar-refractivity contribution is 6.36. The van der Waals surface area contributed by atoms with E-state index in [1.807, 2.05) is 12.1 Å². The number of fused-ring (bicyclic) bond motifs is 1. The Hall–Kier alpha value is -3.66. The van der Waals surface area contributed by atoms with Gasteiger partial charge in [-0.2, -0.15) is 18.3 Å². The van der Waals surface area contributed by atoms with Gasteiger partial charge in [0.15, 0.2) is 17.0 Å². The number of methoxy groups -OCH3 is 1. The van der Waals surface area contributed by atoms with Crippen LogP contribution in [-0.4, -0.2) is 51.1 Å². The Morgan fingerprint density at radius 1 is 1.18 bits per heavy atom. The van der Waals surface area contributed by atoms with Gasteiger partial charge in [-0.05, 0) is 42.5 Å². The van der Waals surface area contributed by atoms with E-state index >= 15 is 0 Å². The van der Waals surface area contributed by atoms with Crippen LogP contribution in [0.3, 0.4) is 0 Å². The molecule has 0 aliphatic rings. The Labute approximate surface area is 197 Å². The molecule has 0 fully saturated rings. The number of benzene rings is 1. The van der Waals surface area contributed by atoms with E-state index in [-0.39, 0.29) is 28.6 Å². The summed E-state index contributed by atoms with van der Waals surface area (Å²) in [5.74, 6) is -0.0737. The number of ether oxygens (including phenoxy) is 1. The molecule has 4 rings (SSSR count). The van der Waals surface area contributed by atoms with Crippen molar-refractivity contribution >= 4 is 23.2 Å². The Bertz CT molecular complexity index is 1320. The van der Waals surface area contributed by atoms with Gasteiger partial charge in [0.05, 0.1) is 12.8 Å². The minimum Gasteiger partial charge on any atom is -0.497 e. The van der Waals surface area contributed by atoms with E-state index in [0.29, 0.717) is 22.2 Å². The van der Waals surface area contributed by atoms with Gasteiger partial charge in [0, 0.05) is 37.5 Å². The standard InChI is InChI=1S/C23H19ClF3N5O2/c1-31(12-10-15-5-3-4-11-28-15)22(33)20-19(24)21-29-17(14-6-8-16(34-2)9-7-14)13-18(23(25,26)27)32(21)30-20/h3-9,11,13H,10,12H2,1-2H3. The van der Waals surface area contributed by atoms with Crippen LogP contribution in [0.4, 0.5) is 13.2 Å². The second-order valence-corrected chi connectivity index (χ2v) is 7.83. The number of hydrogen-bond acceptors (Lipinski definition) is 5. The maximum Gasteiger partial charge on any atom is 0.433 e. The van der Waals surface area contributed by atoms with Gasteiger partial charge in [0.2, 0.25) is 0 Å². The summed E-state index contributed by atoms with van der Waals surface area (Å²) in [6.45, 7) is 0.275. The second-order valence-electron chi connectivity index (χ2n) is 7.45. The van der Waals surface area contributed by atoms with E-state index in [4.69, 9.17) is 16.3 Å². The Balaban J connectivity index is 1.72.